The molecule has 2 aliphatic heterocycles. The minimum Gasteiger partial charge on any atom is -0.382 e. The maximum atomic E-state index is 14.1. The monoisotopic (exact) mass is 264 g/mol. The summed E-state index contributed by atoms with van der Waals surface area (Å²) in [6.45, 7) is 3.55. The van der Waals surface area contributed by atoms with Gasteiger partial charge in [0.15, 0.2) is 0 Å². The molecule has 0 spiro atoms. The summed E-state index contributed by atoms with van der Waals surface area (Å²) in [5.41, 5.74) is 1.63. The highest BCUT2D eigenvalue weighted by Gasteiger charge is 2.17. The topological polar surface area (TPSA) is 24.5 Å². The first-order valence-electron chi connectivity index (χ1n) is 7.22. The minimum absolute atomic E-state index is 0.112. The molecule has 3 nitrogen and oxygen atoms in total. The second-order valence-corrected chi connectivity index (χ2v) is 5.39. The predicted octanol–water partition coefficient (Wildman–Crippen LogP) is 3.02. The molecule has 1 aromatic rings. The van der Waals surface area contributed by atoms with Crippen LogP contribution in [0.1, 0.15) is 25.7 Å². The van der Waals surface area contributed by atoms with E-state index >= 15 is 0 Å². The normalized spacial score (nSPS) is 20.8. The van der Waals surface area contributed by atoms with Crippen molar-refractivity contribution in [2.24, 2.45) is 0 Å². The van der Waals surface area contributed by atoms with Crippen LogP contribution in [0, 0.1) is 5.82 Å². The van der Waals surface area contributed by atoms with E-state index in [0.717, 1.165) is 50.5 Å². The quantitative estimate of drug-likeness (QED) is 0.908. The molecule has 2 fully saturated rings. The van der Waals surface area contributed by atoms with Crippen LogP contribution >= 0.6 is 0 Å². The van der Waals surface area contributed by atoms with Crippen molar-refractivity contribution in [3.05, 3.63) is 24.0 Å². The van der Waals surface area contributed by atoms with E-state index in [4.69, 9.17) is 4.74 Å². The molecule has 3 rings (SSSR count). The molecule has 104 valence electrons. The number of nitrogens with one attached hydrogen (secondary N) is 1. The van der Waals surface area contributed by atoms with Crippen LogP contribution in [0.15, 0.2) is 18.2 Å². The van der Waals surface area contributed by atoms with E-state index in [9.17, 15) is 4.39 Å². The fourth-order valence-electron chi connectivity index (χ4n) is 2.89. The van der Waals surface area contributed by atoms with E-state index in [0.29, 0.717) is 6.04 Å². The smallest absolute Gasteiger partial charge is 0.148 e. The largest absolute Gasteiger partial charge is 0.382 e. The second-order valence-electron chi connectivity index (χ2n) is 5.39. The molecule has 2 saturated heterocycles. The van der Waals surface area contributed by atoms with Gasteiger partial charge in [0.1, 0.15) is 5.82 Å². The van der Waals surface area contributed by atoms with Gasteiger partial charge in [-0.1, -0.05) is 0 Å². The maximum absolute atomic E-state index is 14.1. The van der Waals surface area contributed by atoms with Gasteiger partial charge in [-0.2, -0.15) is 0 Å². The molecule has 19 heavy (non-hydrogen) atoms. The Morgan fingerprint density at radius 3 is 2.58 bits per heavy atom. The molecule has 0 aliphatic carbocycles. The molecule has 1 aromatic carbocycles. The third-order valence-electron chi connectivity index (χ3n) is 3.99. The molecule has 0 saturated carbocycles. The van der Waals surface area contributed by atoms with Crippen LogP contribution in [0.3, 0.4) is 0 Å². The summed E-state index contributed by atoms with van der Waals surface area (Å²) in [5.74, 6) is -0.112. The molecule has 0 unspecified atom stereocenters. The average molecular weight is 264 g/mol. The van der Waals surface area contributed by atoms with Gasteiger partial charge in [-0.05, 0) is 43.9 Å². The van der Waals surface area contributed by atoms with Crippen molar-refractivity contribution < 1.29 is 9.13 Å². The molecule has 0 atom stereocenters. The van der Waals surface area contributed by atoms with Crippen molar-refractivity contribution in [2.75, 3.05) is 36.5 Å². The van der Waals surface area contributed by atoms with Gasteiger partial charge in [0.2, 0.25) is 0 Å². The third kappa shape index (κ3) is 3.00. The van der Waals surface area contributed by atoms with E-state index < -0.39 is 0 Å². The van der Waals surface area contributed by atoms with Gasteiger partial charge in [0, 0.05) is 38.0 Å². The highest BCUT2D eigenvalue weighted by Crippen LogP contribution is 2.26. The zero-order chi connectivity index (χ0) is 13.1. The van der Waals surface area contributed by atoms with E-state index in [-0.39, 0.29) is 5.82 Å². The Hall–Kier alpha value is -1.29. The predicted molar refractivity (Wildman–Crippen MR) is 75.3 cm³/mol. The van der Waals surface area contributed by atoms with E-state index in [2.05, 4.69) is 10.2 Å². The van der Waals surface area contributed by atoms with Crippen molar-refractivity contribution >= 4 is 11.4 Å². The van der Waals surface area contributed by atoms with Crippen LogP contribution in [0.5, 0.6) is 0 Å². The lowest BCUT2D eigenvalue weighted by atomic mass is 10.1. The Balaban J connectivity index is 1.67. The van der Waals surface area contributed by atoms with Crippen molar-refractivity contribution in [1.29, 1.82) is 0 Å². The molecule has 0 bridgehead atoms. The Kier molecular flexibility index (Phi) is 3.87. The number of rotatable bonds is 3. The van der Waals surface area contributed by atoms with Crippen LogP contribution in [-0.2, 0) is 4.74 Å². The number of halogens is 1. The van der Waals surface area contributed by atoms with Crippen molar-refractivity contribution in [1.82, 2.24) is 0 Å². The summed E-state index contributed by atoms with van der Waals surface area (Å²) in [5, 5.41) is 3.40. The van der Waals surface area contributed by atoms with Crippen LogP contribution in [-0.4, -0.2) is 32.3 Å². The Labute approximate surface area is 113 Å². The summed E-state index contributed by atoms with van der Waals surface area (Å²) in [6.07, 6.45) is 4.33. The number of benzene rings is 1. The SMILES string of the molecule is Fc1cc(NC2CCOCC2)ccc1N1CCCC1. The Morgan fingerprint density at radius 1 is 1.16 bits per heavy atom. The van der Waals surface area contributed by atoms with Crippen LogP contribution in [0.25, 0.3) is 0 Å². The highest BCUT2D eigenvalue weighted by molar-refractivity contribution is 5.57. The molecule has 2 aliphatic rings. The standard InChI is InChI=1S/C15H21FN2O/c16-14-11-13(17-12-5-9-19-10-6-12)3-4-15(14)18-7-1-2-8-18/h3-4,11-12,17H,1-2,5-10H2. The number of hydrogen-bond acceptors (Lipinski definition) is 3. The van der Waals surface area contributed by atoms with Crippen LogP contribution in [0.2, 0.25) is 0 Å². The number of hydrogen-bond donors (Lipinski definition) is 1. The average Bonchev–Trinajstić information content (AvgIpc) is 2.94. The summed E-state index contributed by atoms with van der Waals surface area (Å²) < 4.78 is 19.5. The molecule has 0 radical (unpaired) electrons. The van der Waals surface area contributed by atoms with Gasteiger partial charge < -0.3 is 15.0 Å². The summed E-state index contributed by atoms with van der Waals surface area (Å²) in [4.78, 5) is 2.13. The fraction of sp³-hybridized carbons (Fsp3) is 0.600. The van der Waals surface area contributed by atoms with E-state index in [1.807, 2.05) is 12.1 Å². The van der Waals surface area contributed by atoms with E-state index in [1.54, 1.807) is 6.07 Å². The van der Waals surface area contributed by atoms with Gasteiger partial charge in [0.05, 0.1) is 5.69 Å². The Morgan fingerprint density at radius 2 is 1.89 bits per heavy atom. The van der Waals surface area contributed by atoms with Gasteiger partial charge in [-0.3, -0.25) is 0 Å². The maximum Gasteiger partial charge on any atom is 0.148 e. The Bertz CT molecular complexity index is 426. The number of ether oxygens (including phenoxy) is 1. The second kappa shape index (κ2) is 5.78. The summed E-state index contributed by atoms with van der Waals surface area (Å²) in [7, 11) is 0. The first kappa shape index (κ1) is 12.7. The first-order valence-corrected chi connectivity index (χ1v) is 7.22. The molecule has 0 aromatic heterocycles. The van der Waals surface area contributed by atoms with Crippen molar-refractivity contribution in [3.8, 4) is 0 Å². The lowest BCUT2D eigenvalue weighted by Gasteiger charge is -2.25. The third-order valence-corrected chi connectivity index (χ3v) is 3.99. The number of anilines is 2. The number of nitrogens with zero attached hydrogens (tertiary/aromatic N) is 1. The lowest BCUT2D eigenvalue weighted by molar-refractivity contribution is 0.0904. The van der Waals surface area contributed by atoms with Crippen molar-refractivity contribution in [2.45, 2.75) is 31.7 Å². The van der Waals surface area contributed by atoms with Gasteiger partial charge in [-0.25, -0.2) is 4.39 Å². The van der Waals surface area contributed by atoms with Crippen LogP contribution in [0.4, 0.5) is 15.8 Å². The van der Waals surface area contributed by atoms with Gasteiger partial charge >= 0.3 is 0 Å². The summed E-state index contributed by atoms with van der Waals surface area (Å²) in [6, 6.07) is 5.93. The molecule has 4 heteroatoms. The molecular formula is C15H21FN2O. The summed E-state index contributed by atoms with van der Waals surface area (Å²) >= 11 is 0. The minimum atomic E-state index is -0.112. The van der Waals surface area contributed by atoms with E-state index in [1.165, 1.54) is 12.8 Å². The van der Waals surface area contributed by atoms with Gasteiger partial charge in [-0.15, -0.1) is 0 Å². The van der Waals surface area contributed by atoms with Gasteiger partial charge in [0.25, 0.3) is 0 Å². The fourth-order valence-corrected chi connectivity index (χ4v) is 2.89. The first-order chi connectivity index (χ1) is 9.33. The lowest BCUT2D eigenvalue weighted by Crippen LogP contribution is -2.28. The van der Waals surface area contributed by atoms with Crippen molar-refractivity contribution in [3.63, 3.8) is 0 Å². The van der Waals surface area contributed by atoms with Crippen LogP contribution < -0.4 is 10.2 Å². The molecule has 2 heterocycles. The highest BCUT2D eigenvalue weighted by atomic mass is 19.1. The zero-order valence-electron chi connectivity index (χ0n) is 11.2. The molecule has 1 N–H and O–H groups in total. The zero-order valence-corrected chi connectivity index (χ0v) is 11.2. The molecule has 0 amide bonds. The molecular weight excluding hydrogens is 243 g/mol.